The van der Waals surface area contributed by atoms with Crippen LogP contribution >= 0.6 is 0 Å². The van der Waals surface area contributed by atoms with Gasteiger partial charge in [-0.2, -0.15) is 0 Å². The minimum Gasteiger partial charge on any atom is -0.497 e. The second-order valence-corrected chi connectivity index (χ2v) is 5.76. The van der Waals surface area contributed by atoms with E-state index in [4.69, 9.17) is 9.47 Å². The van der Waals surface area contributed by atoms with Crippen molar-refractivity contribution in [3.05, 3.63) is 47.3 Å². The van der Waals surface area contributed by atoms with E-state index in [1.165, 1.54) is 18.1 Å². The summed E-state index contributed by atoms with van der Waals surface area (Å²) in [6.07, 6.45) is 1.54. The zero-order valence-corrected chi connectivity index (χ0v) is 14.5. The van der Waals surface area contributed by atoms with Gasteiger partial charge in [0.15, 0.2) is 11.4 Å². The highest BCUT2D eigenvalue weighted by Crippen LogP contribution is 2.32. The number of ether oxygens (including phenoxy) is 2. The number of carbonyl (C=O) groups excluding carboxylic acids is 1. The largest absolute Gasteiger partial charge is 0.497 e. The highest BCUT2D eigenvalue weighted by molar-refractivity contribution is 5.90. The molecule has 1 aliphatic rings. The van der Waals surface area contributed by atoms with E-state index in [0.29, 0.717) is 28.5 Å². The zero-order valence-electron chi connectivity index (χ0n) is 14.5. The fourth-order valence-corrected chi connectivity index (χ4v) is 3.10. The quantitative estimate of drug-likeness (QED) is 0.533. The first kappa shape index (κ1) is 16.8. The van der Waals surface area contributed by atoms with Crippen LogP contribution in [-0.2, 0) is 11.2 Å². The number of imidazole rings is 1. The molecule has 1 N–H and O–H groups in total. The van der Waals surface area contributed by atoms with Crippen LogP contribution in [0.3, 0.4) is 0 Å². The summed E-state index contributed by atoms with van der Waals surface area (Å²) < 4.78 is 13.5. The summed E-state index contributed by atoms with van der Waals surface area (Å²) in [5.41, 5.74) is 2.01. The molecular formula is C17H15N5O5. The second kappa shape index (κ2) is 6.24. The maximum atomic E-state index is 12.3. The van der Waals surface area contributed by atoms with E-state index >= 15 is 0 Å². The van der Waals surface area contributed by atoms with Crippen LogP contribution in [0.2, 0.25) is 0 Å². The molecule has 10 heteroatoms. The van der Waals surface area contributed by atoms with Gasteiger partial charge >= 0.3 is 11.9 Å². The molecular weight excluding hydrogens is 354 g/mol. The Hall–Kier alpha value is -3.69. The Balaban J connectivity index is 2.01. The number of carbonyl (C=O) groups is 2. The lowest BCUT2D eigenvalue weighted by Gasteiger charge is -2.11. The van der Waals surface area contributed by atoms with Gasteiger partial charge in [0, 0.05) is 12.5 Å². The number of nitrogens with zero attached hydrogens (tertiary/aromatic N) is 5. The summed E-state index contributed by atoms with van der Waals surface area (Å²) in [5, 5.41) is 17.6. The molecule has 4 rings (SSSR count). The van der Waals surface area contributed by atoms with Crippen LogP contribution in [0, 0.1) is 0 Å². The average Bonchev–Trinajstić information content (AvgIpc) is 3.23. The van der Waals surface area contributed by atoms with Gasteiger partial charge in [0.2, 0.25) is 0 Å². The smallest absolute Gasteiger partial charge is 0.360 e. The number of carboxylic acid groups (broad SMARTS) is 1. The van der Waals surface area contributed by atoms with Gasteiger partial charge in [-0.05, 0) is 19.1 Å². The van der Waals surface area contributed by atoms with Gasteiger partial charge in [0.25, 0.3) is 0 Å². The van der Waals surface area contributed by atoms with Gasteiger partial charge in [0.05, 0.1) is 36.5 Å². The number of hydrogen-bond donors (Lipinski definition) is 1. The number of esters is 1. The van der Waals surface area contributed by atoms with Crippen LogP contribution in [0.1, 0.15) is 39.3 Å². The molecule has 0 fully saturated rings. The fraction of sp³-hybridized carbons (Fsp3) is 0.235. The summed E-state index contributed by atoms with van der Waals surface area (Å²) in [6, 6.07) is 5.25. The Morgan fingerprint density at radius 3 is 2.74 bits per heavy atom. The molecule has 0 saturated heterocycles. The summed E-state index contributed by atoms with van der Waals surface area (Å²) in [6.45, 7) is 1.88. The number of aromatic carboxylic acids is 1. The number of aromatic nitrogens is 5. The lowest BCUT2D eigenvalue weighted by Crippen LogP contribution is -2.11. The molecule has 27 heavy (non-hydrogen) atoms. The molecule has 0 unspecified atom stereocenters. The topological polar surface area (TPSA) is 121 Å². The normalized spacial score (nSPS) is 11.8. The van der Waals surface area contributed by atoms with Crippen LogP contribution in [-0.4, -0.2) is 55.3 Å². The lowest BCUT2D eigenvalue weighted by atomic mass is 10.1. The van der Waals surface area contributed by atoms with Crippen molar-refractivity contribution in [2.24, 2.45) is 0 Å². The Labute approximate surface area is 153 Å². The molecule has 3 aromatic rings. The molecule has 0 radical (unpaired) electrons. The van der Waals surface area contributed by atoms with Gasteiger partial charge in [-0.25, -0.2) is 19.3 Å². The van der Waals surface area contributed by atoms with Crippen LogP contribution in [0.5, 0.6) is 5.75 Å². The summed E-state index contributed by atoms with van der Waals surface area (Å²) >= 11 is 0. The van der Waals surface area contributed by atoms with Crippen molar-refractivity contribution >= 4 is 11.9 Å². The number of hydrogen-bond acceptors (Lipinski definition) is 7. The molecule has 138 valence electrons. The molecule has 10 nitrogen and oxygen atoms in total. The van der Waals surface area contributed by atoms with Crippen molar-refractivity contribution in [1.82, 2.24) is 24.5 Å². The maximum Gasteiger partial charge on any atom is 0.360 e. The number of methoxy groups -OCH3 is 1. The van der Waals surface area contributed by atoms with E-state index in [1.54, 1.807) is 29.7 Å². The Bertz CT molecular complexity index is 1070. The third-order valence-electron chi connectivity index (χ3n) is 4.31. The first-order chi connectivity index (χ1) is 13.0. The third-order valence-corrected chi connectivity index (χ3v) is 4.31. The van der Waals surface area contributed by atoms with E-state index in [9.17, 15) is 14.7 Å². The lowest BCUT2D eigenvalue weighted by molar-refractivity contribution is 0.0517. The number of carboxylic acids is 1. The van der Waals surface area contributed by atoms with Crippen LogP contribution < -0.4 is 4.74 Å². The summed E-state index contributed by atoms with van der Waals surface area (Å²) in [7, 11) is 1.54. The molecule has 0 atom stereocenters. The van der Waals surface area contributed by atoms with E-state index in [0.717, 1.165) is 0 Å². The Morgan fingerprint density at radius 2 is 2.04 bits per heavy atom. The minimum atomic E-state index is -1.16. The van der Waals surface area contributed by atoms with Crippen molar-refractivity contribution in [2.45, 2.75) is 13.3 Å². The van der Waals surface area contributed by atoms with Gasteiger partial charge < -0.3 is 14.6 Å². The van der Waals surface area contributed by atoms with Gasteiger partial charge in [0.1, 0.15) is 12.1 Å². The maximum absolute atomic E-state index is 12.3. The molecule has 1 aliphatic heterocycles. The van der Waals surface area contributed by atoms with E-state index in [2.05, 4.69) is 15.3 Å². The molecule has 0 aliphatic carbocycles. The number of rotatable bonds is 4. The van der Waals surface area contributed by atoms with Gasteiger partial charge in [-0.1, -0.05) is 5.21 Å². The molecule has 0 saturated carbocycles. The monoisotopic (exact) mass is 369 g/mol. The highest BCUT2D eigenvalue weighted by Gasteiger charge is 2.30. The molecule has 1 aromatic carbocycles. The average molecular weight is 369 g/mol. The third kappa shape index (κ3) is 2.53. The molecule has 0 amide bonds. The van der Waals surface area contributed by atoms with Crippen molar-refractivity contribution in [3.8, 4) is 17.1 Å². The predicted octanol–water partition coefficient (Wildman–Crippen LogP) is 1.24. The van der Waals surface area contributed by atoms with Crippen molar-refractivity contribution in [2.75, 3.05) is 13.7 Å². The van der Waals surface area contributed by atoms with E-state index in [-0.39, 0.29) is 24.4 Å². The SMILES string of the molecule is CCOC(=O)c1nnn2c1Cc1c(C(=O)O)ncn1-c1ccc(OC)cc1-2. The van der Waals surface area contributed by atoms with Gasteiger partial charge in [-0.3, -0.25) is 4.57 Å². The first-order valence-electron chi connectivity index (χ1n) is 8.15. The molecule has 0 bridgehead atoms. The van der Waals surface area contributed by atoms with Crippen molar-refractivity contribution in [1.29, 1.82) is 0 Å². The molecule has 2 aromatic heterocycles. The molecule has 3 heterocycles. The van der Waals surface area contributed by atoms with E-state index < -0.39 is 11.9 Å². The van der Waals surface area contributed by atoms with Crippen molar-refractivity contribution < 1.29 is 24.2 Å². The highest BCUT2D eigenvalue weighted by atomic mass is 16.5. The first-order valence-corrected chi connectivity index (χ1v) is 8.15. The number of fused-ring (bicyclic) bond motifs is 5. The minimum absolute atomic E-state index is 0.0385. The van der Waals surface area contributed by atoms with Crippen LogP contribution in [0.4, 0.5) is 0 Å². The van der Waals surface area contributed by atoms with Crippen LogP contribution in [0.25, 0.3) is 11.4 Å². The second-order valence-electron chi connectivity index (χ2n) is 5.76. The summed E-state index contributed by atoms with van der Waals surface area (Å²) in [4.78, 5) is 27.9. The standard InChI is InChI=1S/C17H15N5O5/c1-3-27-17(25)15-13-7-12-14(16(23)24)18-8-21(12)10-5-4-9(26-2)6-11(10)22(13)20-19-15/h4-6,8H,3,7H2,1-2H3,(H,23,24). The van der Waals surface area contributed by atoms with Gasteiger partial charge in [-0.15, -0.1) is 5.10 Å². The zero-order chi connectivity index (χ0) is 19.1. The Kier molecular flexibility index (Phi) is 3.87. The number of benzene rings is 1. The molecule has 0 spiro atoms. The fourth-order valence-electron chi connectivity index (χ4n) is 3.10. The van der Waals surface area contributed by atoms with Crippen LogP contribution in [0.15, 0.2) is 24.5 Å². The predicted molar refractivity (Wildman–Crippen MR) is 90.8 cm³/mol. The summed E-state index contributed by atoms with van der Waals surface area (Å²) in [5.74, 6) is -1.19. The van der Waals surface area contributed by atoms with Crippen molar-refractivity contribution in [3.63, 3.8) is 0 Å². The van der Waals surface area contributed by atoms with E-state index in [1.807, 2.05) is 0 Å². The Morgan fingerprint density at radius 1 is 1.22 bits per heavy atom.